The monoisotopic (exact) mass is 314 g/mol. The highest BCUT2D eigenvalue weighted by atomic mass is 32.2. The van der Waals surface area contributed by atoms with E-state index in [0.717, 1.165) is 12.8 Å². The van der Waals surface area contributed by atoms with E-state index in [0.29, 0.717) is 24.7 Å². The maximum absolute atomic E-state index is 13.1. The van der Waals surface area contributed by atoms with E-state index in [1.54, 1.807) is 0 Å². The van der Waals surface area contributed by atoms with Crippen molar-refractivity contribution in [3.63, 3.8) is 0 Å². The van der Waals surface area contributed by atoms with Crippen molar-refractivity contribution in [2.45, 2.75) is 87.3 Å². The van der Waals surface area contributed by atoms with E-state index in [9.17, 15) is 8.42 Å². The molecule has 4 rings (SSSR count). The molecule has 0 amide bonds. The van der Waals surface area contributed by atoms with E-state index in [1.807, 2.05) is 0 Å². The van der Waals surface area contributed by atoms with Gasteiger partial charge in [-0.1, -0.05) is 13.8 Å². The van der Waals surface area contributed by atoms with Crippen LogP contribution >= 0.6 is 0 Å². The predicted molar refractivity (Wildman–Crippen MR) is 79.8 cm³/mol. The van der Waals surface area contributed by atoms with Crippen molar-refractivity contribution >= 4 is 9.84 Å². The Morgan fingerprint density at radius 2 is 1.24 bits per heavy atom. The van der Waals surface area contributed by atoms with Gasteiger partial charge < -0.3 is 9.47 Å². The molecule has 2 aliphatic heterocycles. The summed E-state index contributed by atoms with van der Waals surface area (Å²) in [7, 11) is -3.10. The molecule has 0 radical (unpaired) electrons. The number of rotatable bonds is 2. The van der Waals surface area contributed by atoms with Crippen molar-refractivity contribution in [1.82, 2.24) is 0 Å². The zero-order chi connectivity index (χ0) is 15.2. The molecule has 8 unspecified atom stereocenters. The van der Waals surface area contributed by atoms with Crippen LogP contribution in [0.25, 0.3) is 0 Å². The Bertz CT molecular complexity index is 529. The minimum Gasteiger partial charge on any atom is -0.366 e. The molecule has 4 fully saturated rings. The highest BCUT2D eigenvalue weighted by Gasteiger charge is 2.64. The summed E-state index contributed by atoms with van der Waals surface area (Å²) in [5.74, 6) is 0.704. The summed E-state index contributed by atoms with van der Waals surface area (Å²) in [4.78, 5) is 0. The minimum atomic E-state index is -3.10. The summed E-state index contributed by atoms with van der Waals surface area (Å²) in [5, 5.41) is -0.459. The van der Waals surface area contributed by atoms with Crippen molar-refractivity contribution in [3.8, 4) is 0 Å². The van der Waals surface area contributed by atoms with Crippen LogP contribution < -0.4 is 0 Å². The molecule has 0 aromatic carbocycles. The second-order valence-electron chi connectivity index (χ2n) is 8.37. The average molecular weight is 314 g/mol. The Kier molecular flexibility index (Phi) is 2.78. The van der Waals surface area contributed by atoms with E-state index in [4.69, 9.17) is 9.47 Å². The first-order chi connectivity index (χ1) is 9.66. The molecule has 0 aromatic rings. The van der Waals surface area contributed by atoms with Gasteiger partial charge in [0.25, 0.3) is 0 Å². The van der Waals surface area contributed by atoms with Gasteiger partial charge in [-0.15, -0.1) is 0 Å². The van der Waals surface area contributed by atoms with Gasteiger partial charge in [0.1, 0.15) is 0 Å². The maximum atomic E-state index is 13.1. The van der Waals surface area contributed by atoms with Crippen LogP contribution in [0.1, 0.15) is 53.4 Å². The van der Waals surface area contributed by atoms with Crippen LogP contribution in [0.15, 0.2) is 0 Å². The third-order valence-electron chi connectivity index (χ3n) is 6.38. The van der Waals surface area contributed by atoms with Crippen molar-refractivity contribution in [2.75, 3.05) is 0 Å². The second kappa shape index (κ2) is 4.04. The number of epoxide rings is 2. The Labute approximate surface area is 127 Å². The molecule has 120 valence electrons. The molecule has 2 saturated carbocycles. The largest absolute Gasteiger partial charge is 0.366 e. The summed E-state index contributed by atoms with van der Waals surface area (Å²) in [6, 6.07) is 0. The van der Waals surface area contributed by atoms with Crippen LogP contribution in [-0.2, 0) is 19.3 Å². The van der Waals surface area contributed by atoms with Gasteiger partial charge in [-0.3, -0.25) is 0 Å². The summed E-state index contributed by atoms with van der Waals surface area (Å²) in [6.45, 7) is 8.40. The zero-order valence-corrected chi connectivity index (χ0v) is 14.2. The zero-order valence-electron chi connectivity index (χ0n) is 13.3. The fraction of sp³-hybridized carbons (Fsp3) is 1.00. The molecule has 0 aromatic heterocycles. The molecular formula is C16H26O4S. The third-order valence-corrected chi connectivity index (χ3v) is 8.96. The van der Waals surface area contributed by atoms with Gasteiger partial charge in [0.2, 0.25) is 0 Å². The molecule has 5 heteroatoms. The first kappa shape index (κ1) is 14.5. The number of fused-ring (bicyclic) bond motifs is 2. The van der Waals surface area contributed by atoms with Crippen LogP contribution in [-0.4, -0.2) is 42.3 Å². The van der Waals surface area contributed by atoms with Crippen LogP contribution in [0.2, 0.25) is 0 Å². The van der Waals surface area contributed by atoms with Gasteiger partial charge >= 0.3 is 0 Å². The molecule has 0 N–H and O–H groups in total. The Balaban J connectivity index is 1.56. The Morgan fingerprint density at radius 3 is 1.57 bits per heavy atom. The summed E-state index contributed by atoms with van der Waals surface area (Å²) >= 11 is 0. The lowest BCUT2D eigenvalue weighted by Crippen LogP contribution is -2.44. The fourth-order valence-electron chi connectivity index (χ4n) is 5.20. The van der Waals surface area contributed by atoms with E-state index < -0.39 is 9.84 Å². The van der Waals surface area contributed by atoms with E-state index >= 15 is 0 Å². The molecule has 2 aliphatic carbocycles. The van der Waals surface area contributed by atoms with Crippen molar-refractivity contribution in [2.24, 2.45) is 11.8 Å². The second-order valence-corrected chi connectivity index (χ2v) is 10.9. The van der Waals surface area contributed by atoms with Crippen LogP contribution in [0.5, 0.6) is 0 Å². The maximum Gasteiger partial charge on any atom is 0.156 e. The molecule has 4 aliphatic rings. The van der Waals surface area contributed by atoms with Gasteiger partial charge in [-0.2, -0.15) is 0 Å². The SMILES string of the molecule is CC1CC(S(=O)(=O)C2CC(C)C3OC3(C)C2)CC2(C)OC12. The lowest BCUT2D eigenvalue weighted by molar-refractivity contribution is 0.298. The molecule has 2 saturated heterocycles. The standard InChI is InChI=1S/C16H26O4S/c1-9-5-11(7-15(3)13(9)19-15)21(17,18)12-6-10(2)14-16(4,8-12)20-14/h9-14H,5-8H2,1-4H3. The summed E-state index contributed by atoms with van der Waals surface area (Å²) in [5.41, 5.74) is -0.365. The van der Waals surface area contributed by atoms with Gasteiger partial charge in [0.05, 0.1) is 33.9 Å². The van der Waals surface area contributed by atoms with E-state index in [1.165, 1.54) is 0 Å². The summed E-state index contributed by atoms with van der Waals surface area (Å²) < 4.78 is 37.8. The third kappa shape index (κ3) is 2.03. The predicted octanol–water partition coefficient (Wildman–Crippen LogP) is 2.31. The minimum absolute atomic E-state index is 0.182. The summed E-state index contributed by atoms with van der Waals surface area (Å²) in [6.07, 6.45) is 3.43. The highest BCUT2D eigenvalue weighted by molar-refractivity contribution is 7.92. The van der Waals surface area contributed by atoms with Crippen molar-refractivity contribution in [1.29, 1.82) is 0 Å². The Morgan fingerprint density at radius 1 is 0.857 bits per heavy atom. The Hall–Kier alpha value is -0.130. The van der Waals surface area contributed by atoms with Crippen LogP contribution in [0.4, 0.5) is 0 Å². The number of hydrogen-bond acceptors (Lipinski definition) is 4. The molecule has 21 heavy (non-hydrogen) atoms. The topological polar surface area (TPSA) is 59.2 Å². The van der Waals surface area contributed by atoms with Crippen molar-refractivity contribution in [3.05, 3.63) is 0 Å². The quantitative estimate of drug-likeness (QED) is 0.734. The first-order valence-electron chi connectivity index (χ1n) is 8.24. The lowest BCUT2D eigenvalue weighted by atomic mass is 9.83. The smallest absolute Gasteiger partial charge is 0.156 e. The van der Waals surface area contributed by atoms with Gasteiger partial charge in [0.15, 0.2) is 9.84 Å². The average Bonchev–Trinajstić information content (AvgIpc) is 3.23. The van der Waals surface area contributed by atoms with Gasteiger partial charge in [0, 0.05) is 0 Å². The molecule has 0 spiro atoms. The van der Waals surface area contributed by atoms with E-state index in [-0.39, 0.29) is 33.9 Å². The van der Waals surface area contributed by atoms with Gasteiger partial charge in [-0.25, -0.2) is 8.42 Å². The molecule has 2 heterocycles. The lowest BCUT2D eigenvalue weighted by Gasteiger charge is -2.34. The normalized spacial score (nSPS) is 59.0. The molecule has 0 bridgehead atoms. The molecular weight excluding hydrogens is 288 g/mol. The number of hydrogen-bond donors (Lipinski definition) is 0. The molecule has 8 atom stereocenters. The highest BCUT2D eigenvalue weighted by Crippen LogP contribution is 2.55. The number of ether oxygens (including phenoxy) is 2. The number of sulfone groups is 1. The van der Waals surface area contributed by atoms with E-state index in [2.05, 4.69) is 27.7 Å². The van der Waals surface area contributed by atoms with Crippen molar-refractivity contribution < 1.29 is 17.9 Å². The fourth-order valence-corrected chi connectivity index (χ4v) is 8.01. The molecule has 4 nitrogen and oxygen atoms in total. The van der Waals surface area contributed by atoms with Gasteiger partial charge in [-0.05, 0) is 51.4 Å². The van der Waals surface area contributed by atoms with Crippen LogP contribution in [0, 0.1) is 11.8 Å². The first-order valence-corrected chi connectivity index (χ1v) is 9.85. The van der Waals surface area contributed by atoms with Crippen LogP contribution in [0.3, 0.4) is 0 Å².